The Bertz CT molecular complexity index is 1550. The second-order valence-corrected chi connectivity index (χ2v) is 10.9. The molecule has 2 atom stereocenters. The van der Waals surface area contributed by atoms with Gasteiger partial charge in [0.05, 0.1) is 31.5 Å². The molecule has 0 saturated heterocycles. The van der Waals surface area contributed by atoms with Crippen molar-refractivity contribution >= 4 is 45.7 Å². The molecule has 0 spiro atoms. The highest BCUT2D eigenvalue weighted by Crippen LogP contribution is 2.35. The lowest BCUT2D eigenvalue weighted by molar-refractivity contribution is -0.136. The molecule has 3 aromatic rings. The van der Waals surface area contributed by atoms with Gasteiger partial charge in [0, 0.05) is 20.8 Å². The van der Waals surface area contributed by atoms with Crippen molar-refractivity contribution in [3.05, 3.63) is 98.1 Å². The molecular weight excluding hydrogens is 656 g/mol. The maximum atomic E-state index is 12.4. The number of aliphatic hydroxyl groups excluding tert-OH is 1. The summed E-state index contributed by atoms with van der Waals surface area (Å²) in [7, 11) is 1.27. The van der Waals surface area contributed by atoms with Gasteiger partial charge in [-0.25, -0.2) is 9.59 Å². The van der Waals surface area contributed by atoms with E-state index in [9.17, 15) is 14.7 Å². The van der Waals surface area contributed by atoms with Crippen molar-refractivity contribution < 1.29 is 33.6 Å². The zero-order valence-corrected chi connectivity index (χ0v) is 26.6. The first-order valence-electron chi connectivity index (χ1n) is 13.6. The summed E-state index contributed by atoms with van der Waals surface area (Å²) in [5.74, 6) is 0.750. The summed E-state index contributed by atoms with van der Waals surface area (Å²) in [4.78, 5) is 24.6. The molecule has 0 aliphatic carbocycles. The minimum Gasteiger partial charge on any atom is -0.490 e. The fourth-order valence-electron chi connectivity index (χ4n) is 4.31. The van der Waals surface area contributed by atoms with Gasteiger partial charge in [-0.3, -0.25) is 5.43 Å². The third-order valence-corrected chi connectivity index (χ3v) is 7.12. The van der Waals surface area contributed by atoms with Crippen molar-refractivity contribution in [1.29, 1.82) is 0 Å². The second kappa shape index (κ2) is 15.5. The number of hydrogen-bond donors (Lipinski definition) is 4. The molecule has 0 aromatic heterocycles. The molecule has 1 heterocycles. The van der Waals surface area contributed by atoms with Gasteiger partial charge in [0.2, 0.25) is 0 Å². The van der Waals surface area contributed by atoms with E-state index in [0.717, 1.165) is 10.0 Å². The molecule has 2 amide bonds. The Morgan fingerprint density at radius 3 is 2.57 bits per heavy atom. The Hall–Kier alpha value is -4.26. The number of ether oxygens (including phenoxy) is 4. The van der Waals surface area contributed by atoms with Crippen LogP contribution in [0.15, 0.2) is 81.5 Å². The molecular formula is C31H32BrClN4O7. The van der Waals surface area contributed by atoms with Gasteiger partial charge < -0.3 is 34.7 Å². The Morgan fingerprint density at radius 2 is 1.84 bits per heavy atom. The molecule has 0 unspecified atom stereocenters. The highest BCUT2D eigenvalue weighted by molar-refractivity contribution is 9.10. The molecule has 1 aliphatic heterocycles. The largest absolute Gasteiger partial charge is 0.490 e. The quantitative estimate of drug-likeness (QED) is 0.0833. The van der Waals surface area contributed by atoms with E-state index in [4.69, 9.17) is 30.5 Å². The average Bonchev–Trinajstić information content (AvgIpc) is 3.00. The molecule has 44 heavy (non-hydrogen) atoms. The van der Waals surface area contributed by atoms with E-state index in [1.807, 2.05) is 37.3 Å². The number of halogens is 2. The number of methoxy groups -OCH3 is 1. The highest BCUT2D eigenvalue weighted by Gasteiger charge is 2.32. The summed E-state index contributed by atoms with van der Waals surface area (Å²) in [6.45, 7) is 3.95. The number of carbonyl (C=O) groups is 2. The van der Waals surface area contributed by atoms with Crippen LogP contribution in [0.25, 0.3) is 0 Å². The van der Waals surface area contributed by atoms with Crippen molar-refractivity contribution in [2.24, 2.45) is 5.10 Å². The Balaban J connectivity index is 1.40. The van der Waals surface area contributed by atoms with Crippen LogP contribution in [0, 0.1) is 0 Å². The number of benzene rings is 3. The smallest absolute Gasteiger partial charge is 0.337 e. The number of amides is 2. The third-order valence-electron chi connectivity index (χ3n) is 6.38. The number of aliphatic hydroxyl groups is 1. The summed E-state index contributed by atoms with van der Waals surface area (Å²) in [5, 5.41) is 20.6. The standard InChI is InChI=1S/C31H32BrClN4O7/c1-4-42-26-14-20(29-28(30(39)41-3)18(2)35-31(40)36-29)7-11-25(26)44-17-27(38)37-34-15-21-13-22(32)8-12-24(21)43-16-19-5-9-23(33)10-6-19/h5-15,27,29,37-38H,4,16-17H2,1-3H3,(H2,35,36,40)/b34-15-/t27-,29+/m1/s1. The maximum Gasteiger partial charge on any atom is 0.337 e. The van der Waals surface area contributed by atoms with Gasteiger partial charge in [-0.15, -0.1) is 0 Å². The second-order valence-electron chi connectivity index (χ2n) is 9.51. The molecule has 232 valence electrons. The summed E-state index contributed by atoms with van der Waals surface area (Å²) in [6, 6.07) is 16.7. The molecule has 0 bridgehead atoms. The molecule has 1 aliphatic rings. The summed E-state index contributed by atoms with van der Waals surface area (Å²) in [6.07, 6.45) is 0.374. The molecule has 0 fully saturated rings. The number of nitrogens with one attached hydrogen (secondary N) is 3. The van der Waals surface area contributed by atoms with E-state index in [1.165, 1.54) is 13.3 Å². The summed E-state index contributed by atoms with van der Waals surface area (Å²) >= 11 is 9.42. The van der Waals surface area contributed by atoms with Crippen LogP contribution >= 0.6 is 27.5 Å². The van der Waals surface area contributed by atoms with Crippen molar-refractivity contribution in [3.8, 4) is 17.2 Å². The fourth-order valence-corrected chi connectivity index (χ4v) is 4.81. The molecule has 4 rings (SSSR count). The highest BCUT2D eigenvalue weighted by atomic mass is 79.9. The lowest BCUT2D eigenvalue weighted by Gasteiger charge is -2.28. The third kappa shape index (κ3) is 8.65. The average molecular weight is 688 g/mol. The number of hydrazone groups is 1. The van der Waals surface area contributed by atoms with Gasteiger partial charge in [-0.1, -0.05) is 45.7 Å². The minimum absolute atomic E-state index is 0.161. The number of urea groups is 1. The van der Waals surface area contributed by atoms with Crippen molar-refractivity contribution in [1.82, 2.24) is 16.1 Å². The number of allylic oxidation sites excluding steroid dienone is 1. The molecule has 0 radical (unpaired) electrons. The van der Waals surface area contributed by atoms with E-state index in [-0.39, 0.29) is 12.2 Å². The lowest BCUT2D eigenvalue weighted by Crippen LogP contribution is -2.45. The summed E-state index contributed by atoms with van der Waals surface area (Å²) in [5.41, 5.74) is 5.53. The van der Waals surface area contributed by atoms with Crippen LogP contribution in [0.3, 0.4) is 0 Å². The van der Waals surface area contributed by atoms with Crippen LogP contribution in [-0.4, -0.2) is 49.9 Å². The van der Waals surface area contributed by atoms with Crippen molar-refractivity contribution in [2.45, 2.75) is 32.7 Å². The zero-order valence-electron chi connectivity index (χ0n) is 24.2. The van der Waals surface area contributed by atoms with Crippen LogP contribution in [0.5, 0.6) is 17.2 Å². The first-order chi connectivity index (χ1) is 21.2. The van der Waals surface area contributed by atoms with E-state index in [2.05, 4.69) is 37.1 Å². The minimum atomic E-state index is -1.16. The number of carbonyl (C=O) groups excluding carboxylic acids is 2. The predicted molar refractivity (Wildman–Crippen MR) is 169 cm³/mol. The van der Waals surface area contributed by atoms with Crippen LogP contribution in [0.4, 0.5) is 4.79 Å². The maximum absolute atomic E-state index is 12.4. The molecule has 13 heteroatoms. The van der Waals surface area contributed by atoms with Crippen LogP contribution in [0.2, 0.25) is 5.02 Å². The molecule has 11 nitrogen and oxygen atoms in total. The lowest BCUT2D eigenvalue weighted by atomic mass is 9.95. The van der Waals surface area contributed by atoms with E-state index < -0.39 is 24.3 Å². The predicted octanol–water partition coefficient (Wildman–Crippen LogP) is 5.20. The Kier molecular flexibility index (Phi) is 11.5. The number of hydrogen-bond acceptors (Lipinski definition) is 9. The molecule has 0 saturated carbocycles. The van der Waals surface area contributed by atoms with Crippen molar-refractivity contribution in [2.75, 3.05) is 20.3 Å². The number of nitrogens with zero attached hydrogens (tertiary/aromatic N) is 1. The van der Waals surface area contributed by atoms with E-state index in [1.54, 1.807) is 37.3 Å². The van der Waals surface area contributed by atoms with Crippen molar-refractivity contribution in [3.63, 3.8) is 0 Å². The van der Waals surface area contributed by atoms with Gasteiger partial charge in [-0.2, -0.15) is 5.10 Å². The Morgan fingerprint density at radius 1 is 1.09 bits per heavy atom. The van der Waals surface area contributed by atoms with Gasteiger partial charge in [0.1, 0.15) is 19.0 Å². The zero-order chi connectivity index (χ0) is 31.6. The fraction of sp³-hybridized carbons (Fsp3) is 0.258. The number of rotatable bonds is 13. The number of esters is 1. The SMILES string of the molecule is CCOc1cc([C@@H]2NC(=O)NC(C)=C2C(=O)OC)ccc1OC[C@@H](O)N/N=C\c1cc(Br)ccc1OCc1ccc(Cl)cc1. The van der Waals surface area contributed by atoms with Gasteiger partial charge >= 0.3 is 12.0 Å². The van der Waals surface area contributed by atoms with Gasteiger partial charge in [0.25, 0.3) is 0 Å². The van der Waals surface area contributed by atoms with Crippen LogP contribution < -0.4 is 30.3 Å². The first kappa shape index (κ1) is 32.6. The normalized spacial score (nSPS) is 15.3. The van der Waals surface area contributed by atoms with E-state index in [0.29, 0.717) is 52.3 Å². The van der Waals surface area contributed by atoms with Crippen LogP contribution in [-0.2, 0) is 16.1 Å². The summed E-state index contributed by atoms with van der Waals surface area (Å²) < 4.78 is 23.3. The Labute approximate surface area is 268 Å². The first-order valence-corrected chi connectivity index (χ1v) is 14.7. The molecule has 4 N–H and O–H groups in total. The van der Waals surface area contributed by atoms with Gasteiger partial charge in [0.15, 0.2) is 17.7 Å². The molecule has 3 aromatic carbocycles. The monoisotopic (exact) mass is 686 g/mol. The van der Waals surface area contributed by atoms with E-state index >= 15 is 0 Å². The topological polar surface area (TPSA) is 140 Å². The van der Waals surface area contributed by atoms with Crippen LogP contribution in [0.1, 0.15) is 36.6 Å². The van der Waals surface area contributed by atoms with Gasteiger partial charge in [-0.05, 0) is 67.4 Å².